The molecule has 1 aromatic heterocycles. The summed E-state index contributed by atoms with van der Waals surface area (Å²) >= 11 is 0. The molecular formula is C16H27N3O2. The number of ether oxygens (including phenoxy) is 2. The Morgan fingerprint density at radius 1 is 1.29 bits per heavy atom. The monoisotopic (exact) mass is 293 g/mol. The lowest BCUT2D eigenvalue weighted by Gasteiger charge is -2.16. The van der Waals surface area contributed by atoms with Crippen LogP contribution in [0.15, 0.2) is 0 Å². The second-order valence-electron chi connectivity index (χ2n) is 5.54. The van der Waals surface area contributed by atoms with Gasteiger partial charge in [-0.2, -0.15) is 4.98 Å². The lowest BCUT2D eigenvalue weighted by molar-refractivity contribution is 0.0659. The molecule has 5 heteroatoms. The number of hydrogen-bond donors (Lipinski definition) is 1. The molecule has 0 spiro atoms. The molecule has 1 saturated heterocycles. The third-order valence-corrected chi connectivity index (χ3v) is 3.59. The highest BCUT2D eigenvalue weighted by atomic mass is 16.5. The van der Waals surface area contributed by atoms with Crippen LogP contribution in [0.3, 0.4) is 0 Å². The Balaban J connectivity index is 2.10. The largest absolute Gasteiger partial charge is 0.475 e. The molecule has 1 fully saturated rings. The van der Waals surface area contributed by atoms with Crippen LogP contribution in [0, 0.1) is 6.92 Å². The van der Waals surface area contributed by atoms with Crippen molar-refractivity contribution < 1.29 is 9.47 Å². The molecule has 0 aliphatic carbocycles. The fraction of sp³-hybridized carbons (Fsp3) is 0.750. The van der Waals surface area contributed by atoms with Crippen molar-refractivity contribution in [1.29, 1.82) is 0 Å². The van der Waals surface area contributed by atoms with Crippen LogP contribution in [0.5, 0.6) is 5.88 Å². The fourth-order valence-corrected chi connectivity index (χ4v) is 2.38. The van der Waals surface area contributed by atoms with Crippen LogP contribution in [0.1, 0.15) is 50.9 Å². The smallest absolute Gasteiger partial charge is 0.221 e. The molecule has 0 aromatic carbocycles. The summed E-state index contributed by atoms with van der Waals surface area (Å²) in [6.45, 7) is 8.63. The first-order chi connectivity index (χ1) is 10.2. The average Bonchev–Trinajstić information content (AvgIpc) is 2.99. The van der Waals surface area contributed by atoms with E-state index in [1.54, 1.807) is 0 Å². The van der Waals surface area contributed by atoms with Crippen LogP contribution in [-0.4, -0.2) is 35.8 Å². The Kier molecular flexibility index (Phi) is 6.23. The summed E-state index contributed by atoms with van der Waals surface area (Å²) < 4.78 is 11.5. The predicted molar refractivity (Wildman–Crippen MR) is 84.0 cm³/mol. The SMILES string of the molecule is CCCNc1nc(CCC)nc(OCC2CCCO2)c1C. The van der Waals surface area contributed by atoms with Gasteiger partial charge in [0.25, 0.3) is 0 Å². The molecule has 1 aliphatic rings. The Labute approximate surface area is 127 Å². The van der Waals surface area contributed by atoms with E-state index in [0.717, 1.165) is 62.5 Å². The maximum Gasteiger partial charge on any atom is 0.221 e. The predicted octanol–water partition coefficient (Wildman–Crippen LogP) is 3.12. The molecule has 0 saturated carbocycles. The fourth-order valence-electron chi connectivity index (χ4n) is 2.38. The number of hydrogen-bond acceptors (Lipinski definition) is 5. The summed E-state index contributed by atoms with van der Waals surface area (Å²) in [5, 5.41) is 3.37. The Morgan fingerprint density at radius 2 is 2.14 bits per heavy atom. The van der Waals surface area contributed by atoms with E-state index in [2.05, 4.69) is 29.1 Å². The van der Waals surface area contributed by atoms with E-state index in [0.29, 0.717) is 12.5 Å². The van der Waals surface area contributed by atoms with Crippen molar-refractivity contribution in [3.05, 3.63) is 11.4 Å². The van der Waals surface area contributed by atoms with Crippen LogP contribution >= 0.6 is 0 Å². The molecule has 0 bridgehead atoms. The molecule has 5 nitrogen and oxygen atoms in total. The number of nitrogens with one attached hydrogen (secondary N) is 1. The Bertz CT molecular complexity index is 445. The topological polar surface area (TPSA) is 56.3 Å². The van der Waals surface area contributed by atoms with Crippen LogP contribution < -0.4 is 10.1 Å². The van der Waals surface area contributed by atoms with E-state index in [1.807, 2.05) is 6.92 Å². The van der Waals surface area contributed by atoms with Gasteiger partial charge in [0.2, 0.25) is 5.88 Å². The van der Waals surface area contributed by atoms with Crippen molar-refractivity contribution in [2.75, 3.05) is 25.1 Å². The number of aryl methyl sites for hydroxylation is 1. The second-order valence-corrected chi connectivity index (χ2v) is 5.54. The van der Waals surface area contributed by atoms with Gasteiger partial charge < -0.3 is 14.8 Å². The third-order valence-electron chi connectivity index (χ3n) is 3.59. The van der Waals surface area contributed by atoms with Gasteiger partial charge in [0.05, 0.1) is 11.7 Å². The van der Waals surface area contributed by atoms with Crippen LogP contribution in [-0.2, 0) is 11.2 Å². The maximum absolute atomic E-state index is 5.91. The summed E-state index contributed by atoms with van der Waals surface area (Å²) in [7, 11) is 0. The van der Waals surface area contributed by atoms with Gasteiger partial charge in [-0.05, 0) is 32.6 Å². The van der Waals surface area contributed by atoms with Gasteiger partial charge in [0.1, 0.15) is 18.2 Å². The highest BCUT2D eigenvalue weighted by molar-refractivity contribution is 5.48. The molecule has 2 heterocycles. The van der Waals surface area contributed by atoms with Gasteiger partial charge in [0.15, 0.2) is 0 Å². The molecule has 0 amide bonds. The zero-order chi connectivity index (χ0) is 15.1. The van der Waals surface area contributed by atoms with Crippen LogP contribution in [0.2, 0.25) is 0 Å². The molecule has 118 valence electrons. The van der Waals surface area contributed by atoms with Crippen molar-refractivity contribution in [3.8, 4) is 5.88 Å². The van der Waals surface area contributed by atoms with Gasteiger partial charge in [-0.1, -0.05) is 13.8 Å². The van der Waals surface area contributed by atoms with Crippen molar-refractivity contribution in [2.45, 2.75) is 59.0 Å². The zero-order valence-electron chi connectivity index (χ0n) is 13.4. The van der Waals surface area contributed by atoms with Crippen molar-refractivity contribution >= 4 is 5.82 Å². The van der Waals surface area contributed by atoms with E-state index >= 15 is 0 Å². The van der Waals surface area contributed by atoms with Crippen molar-refractivity contribution in [2.24, 2.45) is 0 Å². The molecule has 1 atom stereocenters. The average molecular weight is 293 g/mol. The Morgan fingerprint density at radius 3 is 2.81 bits per heavy atom. The van der Waals surface area contributed by atoms with E-state index < -0.39 is 0 Å². The lowest BCUT2D eigenvalue weighted by atomic mass is 10.2. The molecule has 1 aromatic rings. The number of rotatable bonds is 8. The van der Waals surface area contributed by atoms with Crippen molar-refractivity contribution in [1.82, 2.24) is 9.97 Å². The van der Waals surface area contributed by atoms with Gasteiger partial charge in [-0.25, -0.2) is 4.98 Å². The van der Waals surface area contributed by atoms with Gasteiger partial charge >= 0.3 is 0 Å². The highest BCUT2D eigenvalue weighted by Crippen LogP contribution is 2.24. The lowest BCUT2D eigenvalue weighted by Crippen LogP contribution is -2.18. The quantitative estimate of drug-likeness (QED) is 0.798. The van der Waals surface area contributed by atoms with Gasteiger partial charge in [-0.15, -0.1) is 0 Å². The highest BCUT2D eigenvalue weighted by Gasteiger charge is 2.18. The maximum atomic E-state index is 5.91. The zero-order valence-corrected chi connectivity index (χ0v) is 13.4. The summed E-state index contributed by atoms with van der Waals surface area (Å²) in [5.74, 6) is 2.45. The molecule has 0 radical (unpaired) electrons. The summed E-state index contributed by atoms with van der Waals surface area (Å²) in [5.41, 5.74) is 0.987. The summed E-state index contributed by atoms with van der Waals surface area (Å²) in [4.78, 5) is 9.17. The van der Waals surface area contributed by atoms with E-state index in [4.69, 9.17) is 9.47 Å². The molecule has 1 aliphatic heterocycles. The third kappa shape index (κ3) is 4.56. The minimum Gasteiger partial charge on any atom is -0.475 e. The number of nitrogens with zero attached hydrogens (tertiary/aromatic N) is 2. The normalized spacial score (nSPS) is 18.0. The molecule has 21 heavy (non-hydrogen) atoms. The minimum absolute atomic E-state index is 0.209. The van der Waals surface area contributed by atoms with Gasteiger partial charge in [-0.3, -0.25) is 0 Å². The summed E-state index contributed by atoms with van der Waals surface area (Å²) in [6.07, 6.45) is 5.38. The number of anilines is 1. The van der Waals surface area contributed by atoms with Crippen LogP contribution in [0.25, 0.3) is 0 Å². The van der Waals surface area contributed by atoms with Crippen LogP contribution in [0.4, 0.5) is 5.82 Å². The Hall–Kier alpha value is -1.36. The molecule has 2 rings (SSSR count). The molecular weight excluding hydrogens is 266 g/mol. The van der Waals surface area contributed by atoms with E-state index in [1.165, 1.54) is 0 Å². The number of aromatic nitrogens is 2. The first kappa shape index (κ1) is 16.0. The standard InChI is InChI=1S/C16H27N3O2/c1-4-7-14-18-15(17-9-5-2)12(3)16(19-14)21-11-13-8-6-10-20-13/h13H,4-11H2,1-3H3,(H,17,18,19). The first-order valence-corrected chi connectivity index (χ1v) is 8.10. The second kappa shape index (κ2) is 8.17. The van der Waals surface area contributed by atoms with Gasteiger partial charge in [0, 0.05) is 19.6 Å². The molecule has 1 unspecified atom stereocenters. The van der Waals surface area contributed by atoms with E-state index in [9.17, 15) is 0 Å². The van der Waals surface area contributed by atoms with E-state index in [-0.39, 0.29) is 6.10 Å². The first-order valence-electron chi connectivity index (χ1n) is 8.10. The van der Waals surface area contributed by atoms with Crippen molar-refractivity contribution in [3.63, 3.8) is 0 Å². The summed E-state index contributed by atoms with van der Waals surface area (Å²) in [6, 6.07) is 0. The molecule has 1 N–H and O–H groups in total. The minimum atomic E-state index is 0.209.